The summed E-state index contributed by atoms with van der Waals surface area (Å²) in [6, 6.07) is 19.6. The minimum Gasteiger partial charge on any atom is -0.340 e. The highest BCUT2D eigenvalue weighted by Gasteiger charge is 2.26. The maximum absolute atomic E-state index is 13.1. The van der Waals surface area contributed by atoms with E-state index in [0.29, 0.717) is 0 Å². The molecule has 2 aromatic carbocycles. The average Bonchev–Trinajstić information content (AvgIpc) is 3.40. The van der Waals surface area contributed by atoms with Crippen molar-refractivity contribution in [3.05, 3.63) is 90.6 Å². The van der Waals surface area contributed by atoms with Crippen molar-refractivity contribution in [1.82, 2.24) is 23.8 Å². The number of aromatic nitrogens is 4. The maximum Gasteiger partial charge on any atom is 0.283 e. The Balaban J connectivity index is 1.52. The molecule has 0 unspecified atom stereocenters. The molecule has 1 aliphatic heterocycles. The molecule has 8 nitrogen and oxygen atoms in total. The van der Waals surface area contributed by atoms with Gasteiger partial charge in [-0.1, -0.05) is 36.4 Å². The van der Waals surface area contributed by atoms with E-state index < -0.39 is 15.9 Å². The van der Waals surface area contributed by atoms with Gasteiger partial charge in [0.2, 0.25) is 0 Å². The Bertz CT molecular complexity index is 1740. The van der Waals surface area contributed by atoms with Crippen LogP contribution in [0, 0.1) is 0 Å². The van der Waals surface area contributed by atoms with E-state index in [1.54, 1.807) is 19.2 Å². The van der Waals surface area contributed by atoms with Crippen LogP contribution in [0.25, 0.3) is 33.3 Å². The number of aryl methyl sites for hydroxylation is 3. The van der Waals surface area contributed by atoms with Crippen LogP contribution in [0.15, 0.2) is 84.4 Å². The van der Waals surface area contributed by atoms with Crippen molar-refractivity contribution in [3.63, 3.8) is 0 Å². The van der Waals surface area contributed by atoms with E-state index in [1.807, 2.05) is 36.5 Å². The van der Waals surface area contributed by atoms with Crippen LogP contribution in [0.4, 0.5) is 0 Å². The number of hydrogen-bond acceptors (Lipinski definition) is 5. The molecule has 0 bridgehead atoms. The van der Waals surface area contributed by atoms with Crippen LogP contribution in [0.5, 0.6) is 0 Å². The van der Waals surface area contributed by atoms with E-state index in [0.717, 1.165) is 58.4 Å². The number of nitrogens with zero attached hydrogens (tertiary/aromatic N) is 4. The predicted molar refractivity (Wildman–Crippen MR) is 137 cm³/mol. The fraction of sp³-hybridized carbons (Fsp3) is 0.148. The zero-order valence-electron chi connectivity index (χ0n) is 19.5. The summed E-state index contributed by atoms with van der Waals surface area (Å²) in [5.41, 5.74) is 6.48. The Morgan fingerprint density at radius 1 is 1.03 bits per heavy atom. The minimum absolute atomic E-state index is 0.202. The van der Waals surface area contributed by atoms with Crippen molar-refractivity contribution in [3.8, 4) is 22.4 Å². The van der Waals surface area contributed by atoms with E-state index in [4.69, 9.17) is 0 Å². The Morgan fingerprint density at radius 3 is 2.64 bits per heavy atom. The molecule has 4 heterocycles. The van der Waals surface area contributed by atoms with Crippen LogP contribution in [0.2, 0.25) is 0 Å². The zero-order chi connectivity index (χ0) is 24.9. The molecule has 180 valence electrons. The van der Waals surface area contributed by atoms with Crippen LogP contribution < -0.4 is 4.72 Å². The lowest BCUT2D eigenvalue weighted by Crippen LogP contribution is -2.30. The standard InChI is InChI=1S/C27H23N5O3S/c1-31-16-24(29-17-31)36(34,35)30-27(33)19-11-12-21-23(15-19)32-14-6-10-22-20(9-5-13-28-22)26(32)25(21)18-7-3-2-4-8-18/h2-5,7-9,11-13,15-17H,6,10,14H2,1H3,(H,30,33). The van der Waals surface area contributed by atoms with Crippen molar-refractivity contribution in [1.29, 1.82) is 0 Å². The van der Waals surface area contributed by atoms with Crippen LogP contribution >= 0.6 is 0 Å². The molecule has 1 N–H and O–H groups in total. The van der Waals surface area contributed by atoms with Gasteiger partial charge in [-0.25, -0.2) is 9.71 Å². The highest BCUT2D eigenvalue weighted by molar-refractivity contribution is 7.90. The van der Waals surface area contributed by atoms with E-state index in [-0.39, 0.29) is 10.6 Å². The lowest BCUT2D eigenvalue weighted by atomic mass is 9.96. The van der Waals surface area contributed by atoms with Crippen LogP contribution in [-0.2, 0) is 30.0 Å². The number of imidazole rings is 1. The van der Waals surface area contributed by atoms with Crippen molar-refractivity contribution in [2.75, 3.05) is 0 Å². The van der Waals surface area contributed by atoms with Crippen LogP contribution in [0.1, 0.15) is 22.5 Å². The first-order chi connectivity index (χ1) is 17.4. The summed E-state index contributed by atoms with van der Waals surface area (Å²) in [6.07, 6.45) is 6.31. The summed E-state index contributed by atoms with van der Waals surface area (Å²) in [4.78, 5) is 21.6. The average molecular weight is 498 g/mol. The Morgan fingerprint density at radius 2 is 1.86 bits per heavy atom. The second-order valence-corrected chi connectivity index (χ2v) is 10.5. The molecule has 3 aromatic heterocycles. The second kappa shape index (κ2) is 8.46. The van der Waals surface area contributed by atoms with Gasteiger partial charge in [0, 0.05) is 59.3 Å². The van der Waals surface area contributed by atoms with Crippen molar-refractivity contribution in [2.24, 2.45) is 7.05 Å². The molecule has 0 spiro atoms. The molecular weight excluding hydrogens is 474 g/mol. The first kappa shape index (κ1) is 22.2. The molecule has 36 heavy (non-hydrogen) atoms. The number of hydrogen-bond donors (Lipinski definition) is 1. The molecular formula is C27H23N5O3S. The van der Waals surface area contributed by atoms with E-state index >= 15 is 0 Å². The fourth-order valence-corrected chi connectivity index (χ4v) is 5.88. The summed E-state index contributed by atoms with van der Waals surface area (Å²) in [5, 5.41) is 0.795. The zero-order valence-corrected chi connectivity index (χ0v) is 20.4. The summed E-state index contributed by atoms with van der Waals surface area (Å²) in [5.74, 6) is -0.699. The monoisotopic (exact) mass is 497 g/mol. The maximum atomic E-state index is 13.1. The molecule has 0 atom stereocenters. The third-order valence-corrected chi connectivity index (χ3v) is 7.73. The van der Waals surface area contributed by atoms with Crippen molar-refractivity contribution in [2.45, 2.75) is 24.4 Å². The SMILES string of the molecule is Cn1cnc(S(=O)(=O)NC(=O)c2ccc3c(-c4ccccc4)c4n(c3c2)CCCc2ncccc2-4)c1. The number of nitrogens with one attached hydrogen (secondary N) is 1. The summed E-state index contributed by atoms with van der Waals surface area (Å²) < 4.78 is 31.3. The van der Waals surface area contributed by atoms with Gasteiger partial charge in [0.15, 0.2) is 5.03 Å². The summed E-state index contributed by atoms with van der Waals surface area (Å²) in [6.45, 7) is 0.756. The lowest BCUT2D eigenvalue weighted by Gasteiger charge is -2.11. The number of carbonyl (C=O) groups is 1. The molecule has 0 saturated heterocycles. The highest BCUT2D eigenvalue weighted by atomic mass is 32.2. The molecule has 0 aliphatic carbocycles. The minimum atomic E-state index is -4.09. The van der Waals surface area contributed by atoms with Gasteiger partial charge >= 0.3 is 0 Å². The van der Waals surface area contributed by atoms with Gasteiger partial charge in [0.25, 0.3) is 15.9 Å². The van der Waals surface area contributed by atoms with Gasteiger partial charge in [-0.05, 0) is 42.7 Å². The number of benzene rings is 2. The Kier molecular flexibility index (Phi) is 5.22. The third kappa shape index (κ3) is 3.68. The Hall–Kier alpha value is -4.24. The molecule has 9 heteroatoms. The first-order valence-corrected chi connectivity index (χ1v) is 13.1. The fourth-order valence-electron chi connectivity index (χ4n) is 4.92. The Labute approximate surface area is 208 Å². The summed E-state index contributed by atoms with van der Waals surface area (Å²) >= 11 is 0. The van der Waals surface area contributed by atoms with E-state index in [2.05, 4.69) is 37.5 Å². The molecule has 0 radical (unpaired) electrons. The van der Waals surface area contributed by atoms with Crippen molar-refractivity contribution >= 4 is 26.8 Å². The van der Waals surface area contributed by atoms with E-state index in [1.165, 1.54) is 17.1 Å². The summed E-state index contributed by atoms with van der Waals surface area (Å²) in [7, 11) is -2.42. The molecule has 1 amide bonds. The topological polar surface area (TPSA) is 98.9 Å². The number of pyridine rings is 1. The van der Waals surface area contributed by atoms with Gasteiger partial charge in [-0.3, -0.25) is 9.78 Å². The van der Waals surface area contributed by atoms with Crippen LogP contribution in [0.3, 0.4) is 0 Å². The predicted octanol–water partition coefficient (Wildman–Crippen LogP) is 4.17. The molecule has 0 saturated carbocycles. The van der Waals surface area contributed by atoms with Gasteiger partial charge in [0.1, 0.15) is 0 Å². The van der Waals surface area contributed by atoms with Crippen LogP contribution in [-0.4, -0.2) is 33.4 Å². The van der Waals surface area contributed by atoms with Gasteiger partial charge in [-0.15, -0.1) is 0 Å². The number of carbonyl (C=O) groups excluding carboxylic acids is 1. The van der Waals surface area contributed by atoms with Gasteiger partial charge in [-0.2, -0.15) is 8.42 Å². The number of rotatable bonds is 4. The largest absolute Gasteiger partial charge is 0.340 e. The number of fused-ring (bicyclic) bond motifs is 5. The van der Waals surface area contributed by atoms with Crippen molar-refractivity contribution < 1.29 is 13.2 Å². The van der Waals surface area contributed by atoms with Gasteiger partial charge in [0.05, 0.1) is 12.0 Å². The highest BCUT2D eigenvalue weighted by Crippen LogP contribution is 2.43. The number of amides is 1. The quantitative estimate of drug-likeness (QED) is 0.402. The molecule has 0 fully saturated rings. The van der Waals surface area contributed by atoms with Gasteiger partial charge < -0.3 is 9.13 Å². The normalized spacial score (nSPS) is 13.1. The lowest BCUT2D eigenvalue weighted by molar-refractivity contribution is 0.0981. The van der Waals surface area contributed by atoms with E-state index in [9.17, 15) is 13.2 Å². The first-order valence-electron chi connectivity index (χ1n) is 11.6. The molecule has 6 rings (SSSR count). The number of sulfonamides is 1. The second-order valence-electron chi connectivity index (χ2n) is 8.89. The molecule has 5 aromatic rings. The third-order valence-electron chi connectivity index (χ3n) is 6.51. The molecule has 1 aliphatic rings. The smallest absolute Gasteiger partial charge is 0.283 e.